The summed E-state index contributed by atoms with van der Waals surface area (Å²) in [5.74, 6) is 0. The predicted molar refractivity (Wildman–Crippen MR) is 112 cm³/mol. The standard InChI is InChI=1S/C13H17I2NO5SSi.Na.H/c1-23(2,3)5-4-21-13(22(19)20)16(12(17)18)11-7-9(14)6-10(15)8-11;;/h6-8H,4-5H2,1-3H3,(H,17,18);;/q;+1;-1. The molecule has 0 aliphatic heterocycles. The van der Waals surface area contributed by atoms with E-state index >= 15 is 0 Å². The van der Waals surface area contributed by atoms with Crippen molar-refractivity contribution in [3.05, 3.63) is 25.3 Å². The van der Waals surface area contributed by atoms with Crippen LogP contribution < -0.4 is 34.5 Å². The van der Waals surface area contributed by atoms with E-state index in [1.54, 1.807) is 12.1 Å². The first-order valence-electron chi connectivity index (χ1n) is 6.59. The molecule has 1 aromatic carbocycles. The Balaban J connectivity index is 0. The van der Waals surface area contributed by atoms with Crippen LogP contribution in [0.2, 0.25) is 25.7 Å². The van der Waals surface area contributed by atoms with Crippen molar-refractivity contribution in [2.75, 3.05) is 11.5 Å². The fourth-order valence-corrected chi connectivity index (χ4v) is 4.73. The van der Waals surface area contributed by atoms with E-state index in [0.717, 1.165) is 13.2 Å². The molecule has 0 fully saturated rings. The Bertz CT molecular complexity index is 714. The molecule has 11 heteroatoms. The minimum atomic E-state index is -2.80. The molecule has 1 rings (SSSR count). The normalized spacial score (nSPS) is 10.7. The molecule has 6 nitrogen and oxygen atoms in total. The number of carbonyl (C=O) groups is 1. The molecule has 0 saturated carbocycles. The van der Waals surface area contributed by atoms with Crippen molar-refractivity contribution < 1.29 is 54.0 Å². The number of hydrogen-bond donors (Lipinski definition) is 1. The summed E-state index contributed by atoms with van der Waals surface area (Å²) in [7, 11) is -4.22. The van der Waals surface area contributed by atoms with E-state index in [1.807, 2.05) is 51.2 Å². The van der Waals surface area contributed by atoms with Crippen LogP contribution in [0.15, 0.2) is 18.2 Å². The van der Waals surface area contributed by atoms with Crippen LogP contribution in [-0.2, 0) is 15.0 Å². The average molecular weight is 605 g/mol. The number of nitrogens with zero attached hydrogens (tertiary/aromatic N) is 1. The Labute approximate surface area is 194 Å². The monoisotopic (exact) mass is 605 g/mol. The molecule has 0 saturated heterocycles. The molecule has 0 aromatic heterocycles. The van der Waals surface area contributed by atoms with Crippen molar-refractivity contribution in [2.45, 2.75) is 25.7 Å². The Morgan fingerprint density at radius 3 is 2.12 bits per heavy atom. The van der Waals surface area contributed by atoms with Crippen LogP contribution in [-0.4, -0.2) is 39.5 Å². The second-order valence-electron chi connectivity index (χ2n) is 5.91. The number of rotatable bonds is 4. The zero-order chi connectivity index (χ0) is 17.8. The molecule has 1 aromatic rings. The van der Waals surface area contributed by atoms with E-state index in [9.17, 15) is 18.3 Å². The van der Waals surface area contributed by atoms with Crippen molar-refractivity contribution in [1.29, 1.82) is 0 Å². The number of ether oxygens (including phenoxy) is 1. The first kappa shape index (κ1) is 24.8. The summed E-state index contributed by atoms with van der Waals surface area (Å²) >= 11 is 4.09. The first-order valence-corrected chi connectivity index (χ1v) is 13.5. The quantitative estimate of drug-likeness (QED) is 0.313. The molecule has 0 bridgehead atoms. The van der Waals surface area contributed by atoms with E-state index in [0.29, 0.717) is 4.90 Å². The molecule has 0 aliphatic carbocycles. The van der Waals surface area contributed by atoms with E-state index in [4.69, 9.17) is 4.74 Å². The van der Waals surface area contributed by atoms with Gasteiger partial charge in [-0.2, -0.15) is 8.42 Å². The van der Waals surface area contributed by atoms with Crippen LogP contribution in [0.1, 0.15) is 1.43 Å². The van der Waals surface area contributed by atoms with E-state index in [1.165, 1.54) is 0 Å². The Morgan fingerprint density at radius 1 is 1.25 bits per heavy atom. The van der Waals surface area contributed by atoms with Crippen molar-refractivity contribution in [3.8, 4) is 0 Å². The maximum atomic E-state index is 11.6. The van der Waals surface area contributed by atoms with Gasteiger partial charge in [-0.3, -0.25) is 0 Å². The maximum Gasteiger partial charge on any atom is 1.00 e. The number of halogens is 2. The number of anilines is 1. The summed E-state index contributed by atoms with van der Waals surface area (Å²) in [6.45, 7) is 6.55. The molecular weight excluding hydrogens is 587 g/mol. The third kappa shape index (κ3) is 8.47. The first-order chi connectivity index (χ1) is 10.5. The van der Waals surface area contributed by atoms with Gasteiger partial charge in [0.2, 0.25) is 0 Å². The van der Waals surface area contributed by atoms with Crippen molar-refractivity contribution >= 4 is 80.5 Å². The van der Waals surface area contributed by atoms with Crippen LogP contribution in [0, 0.1) is 7.14 Å². The number of amides is 1. The summed E-state index contributed by atoms with van der Waals surface area (Å²) in [6.07, 6.45) is -1.41. The summed E-state index contributed by atoms with van der Waals surface area (Å²) in [6, 6.07) is 5.76. The van der Waals surface area contributed by atoms with Crippen molar-refractivity contribution in [3.63, 3.8) is 0 Å². The summed E-state index contributed by atoms with van der Waals surface area (Å²) in [5.41, 5.74) is 0.237. The Morgan fingerprint density at radius 2 is 1.75 bits per heavy atom. The molecule has 0 heterocycles. The van der Waals surface area contributed by atoms with Gasteiger partial charge in [0.1, 0.15) is 0 Å². The second-order valence-corrected chi connectivity index (χ2v) is 14.8. The van der Waals surface area contributed by atoms with Crippen LogP contribution in [0.25, 0.3) is 0 Å². The molecule has 1 N–H and O–H groups in total. The molecule has 0 radical (unpaired) electrons. The van der Waals surface area contributed by atoms with E-state index in [2.05, 4.69) is 19.6 Å². The largest absolute Gasteiger partial charge is 1.00 e. The van der Waals surface area contributed by atoms with Gasteiger partial charge < -0.3 is 11.3 Å². The van der Waals surface area contributed by atoms with Crippen molar-refractivity contribution in [2.24, 2.45) is 0 Å². The summed E-state index contributed by atoms with van der Waals surface area (Å²) in [4.78, 5) is 12.2. The number of benzene rings is 1. The molecule has 0 unspecified atom stereocenters. The molecule has 0 spiro atoms. The predicted octanol–water partition coefficient (Wildman–Crippen LogP) is 0.818. The van der Waals surface area contributed by atoms with Gasteiger partial charge in [0.05, 0.1) is 12.3 Å². The van der Waals surface area contributed by atoms with Crippen molar-refractivity contribution in [1.82, 2.24) is 0 Å². The van der Waals surface area contributed by atoms with Gasteiger partial charge in [0.25, 0.3) is 15.5 Å². The van der Waals surface area contributed by atoms with Gasteiger partial charge in [-0.15, -0.1) is 0 Å². The minimum Gasteiger partial charge on any atom is -1.00 e. The van der Waals surface area contributed by atoms with Gasteiger partial charge in [-0.25, -0.2) is 9.69 Å². The van der Waals surface area contributed by atoms with Gasteiger partial charge >= 0.3 is 35.7 Å². The molecule has 0 aliphatic rings. The zero-order valence-electron chi connectivity index (χ0n) is 14.8. The molecule has 0 atom stereocenters. The number of carboxylic acid groups (broad SMARTS) is 1. The molecule has 24 heavy (non-hydrogen) atoms. The molecule has 130 valence electrons. The minimum absolute atomic E-state index is 0. The van der Waals surface area contributed by atoms with Crippen LogP contribution in [0.3, 0.4) is 0 Å². The van der Waals surface area contributed by atoms with Gasteiger partial charge in [0, 0.05) is 15.2 Å². The molecule has 1 amide bonds. The Hall–Kier alpha value is 0.817. The maximum absolute atomic E-state index is 11.6. The smallest absolute Gasteiger partial charge is 1.00 e. The Kier molecular flexibility index (Phi) is 11.2. The van der Waals surface area contributed by atoms with Gasteiger partial charge in [0.15, 0.2) is 0 Å². The zero-order valence-corrected chi connectivity index (χ0v) is 22.0. The fourth-order valence-electron chi connectivity index (χ4n) is 1.59. The summed E-state index contributed by atoms with van der Waals surface area (Å²) in [5, 5.41) is 8.85. The average Bonchev–Trinajstić information content (AvgIpc) is 2.34. The van der Waals surface area contributed by atoms with E-state index in [-0.39, 0.29) is 43.3 Å². The summed E-state index contributed by atoms with van der Waals surface area (Å²) < 4.78 is 29.9. The van der Waals surface area contributed by atoms with Crippen LogP contribution in [0.5, 0.6) is 0 Å². The third-order valence-corrected chi connectivity index (χ3v) is 6.23. The SMILES string of the molecule is C[Si](C)(C)CCOC(N(C(=O)O)c1cc(I)cc(I)c1)=S(=O)=O.[H-].[Na+]. The van der Waals surface area contributed by atoms with Crippen LogP contribution in [0.4, 0.5) is 10.5 Å². The topological polar surface area (TPSA) is 83.9 Å². The second kappa shape index (κ2) is 10.8. The van der Waals surface area contributed by atoms with E-state index < -0.39 is 29.6 Å². The molecular formula is C13H18I2NNaO5SSi. The fraction of sp³-hybridized carbons (Fsp3) is 0.385. The van der Waals surface area contributed by atoms with Gasteiger partial charge in [-0.1, -0.05) is 19.6 Å². The van der Waals surface area contributed by atoms with Gasteiger partial charge in [-0.05, 0) is 69.4 Å². The third-order valence-electron chi connectivity index (χ3n) is 2.70. The number of hydrogen-bond acceptors (Lipinski definition) is 4. The van der Waals surface area contributed by atoms with Crippen LogP contribution >= 0.6 is 45.2 Å².